The lowest BCUT2D eigenvalue weighted by Crippen LogP contribution is -2.46. The summed E-state index contributed by atoms with van der Waals surface area (Å²) in [5.74, 6) is -0.266. The molecule has 2 amide bonds. The fourth-order valence-electron chi connectivity index (χ4n) is 3.20. The average Bonchev–Trinajstić information content (AvgIpc) is 3.16. The summed E-state index contributed by atoms with van der Waals surface area (Å²) < 4.78 is 41.8. The molecule has 2 saturated heterocycles. The maximum Gasteiger partial charge on any atom is 0.315 e. The van der Waals surface area contributed by atoms with E-state index < -0.39 is 21.9 Å². The van der Waals surface area contributed by atoms with Gasteiger partial charge in [0.2, 0.25) is 0 Å². The molecule has 2 heterocycles. The van der Waals surface area contributed by atoms with Crippen molar-refractivity contribution in [3.05, 3.63) is 35.6 Å². The second kappa shape index (κ2) is 7.06. The van der Waals surface area contributed by atoms with Crippen molar-refractivity contribution >= 4 is 15.9 Å². The smallest absolute Gasteiger partial charge is 0.315 e. The first-order chi connectivity index (χ1) is 11.4. The standard InChI is InChI=1S/C16H21FN2O4S/c17-12-5-3-11(4-6-12)15(14-2-1-8-23-14)19-16(20)18-13-7-9-24(21,22)10-13/h3-6,13-15H,1-2,7-10H2,(H2,18,19,20)/t13-,14-,15-/m1/s1. The minimum atomic E-state index is -3.05. The number of hydrogen-bond acceptors (Lipinski definition) is 4. The van der Waals surface area contributed by atoms with Gasteiger partial charge in [-0.15, -0.1) is 0 Å². The highest BCUT2D eigenvalue weighted by Crippen LogP contribution is 2.27. The molecule has 2 fully saturated rings. The molecule has 3 rings (SSSR count). The van der Waals surface area contributed by atoms with Crippen LogP contribution in [-0.2, 0) is 14.6 Å². The van der Waals surface area contributed by atoms with E-state index in [1.807, 2.05) is 0 Å². The van der Waals surface area contributed by atoms with Crippen molar-refractivity contribution < 1.29 is 22.3 Å². The van der Waals surface area contributed by atoms with Gasteiger partial charge in [-0.1, -0.05) is 12.1 Å². The zero-order valence-corrected chi connectivity index (χ0v) is 14.0. The molecular formula is C16H21FN2O4S. The summed E-state index contributed by atoms with van der Waals surface area (Å²) in [4.78, 5) is 12.3. The van der Waals surface area contributed by atoms with Crippen LogP contribution in [0, 0.1) is 5.82 Å². The lowest BCUT2D eigenvalue weighted by molar-refractivity contribution is 0.0806. The molecular weight excluding hydrogens is 335 g/mol. The predicted octanol–water partition coefficient (Wildman–Crippen LogP) is 1.53. The molecule has 24 heavy (non-hydrogen) atoms. The van der Waals surface area contributed by atoms with E-state index in [0.717, 1.165) is 18.4 Å². The summed E-state index contributed by atoms with van der Waals surface area (Å²) in [5.41, 5.74) is 0.762. The summed E-state index contributed by atoms with van der Waals surface area (Å²) in [6.45, 7) is 0.631. The molecule has 6 nitrogen and oxygen atoms in total. The highest BCUT2D eigenvalue weighted by atomic mass is 32.2. The number of benzene rings is 1. The van der Waals surface area contributed by atoms with Crippen molar-refractivity contribution in [2.45, 2.75) is 37.5 Å². The van der Waals surface area contributed by atoms with Crippen molar-refractivity contribution in [1.29, 1.82) is 0 Å². The van der Waals surface area contributed by atoms with Crippen LogP contribution in [0.3, 0.4) is 0 Å². The Morgan fingerprint density at radius 1 is 1.25 bits per heavy atom. The Kier molecular flexibility index (Phi) is 5.05. The first-order valence-corrected chi connectivity index (χ1v) is 9.90. The molecule has 2 aliphatic heterocycles. The monoisotopic (exact) mass is 356 g/mol. The molecule has 132 valence electrons. The number of carbonyl (C=O) groups is 1. The van der Waals surface area contributed by atoms with E-state index in [1.54, 1.807) is 12.1 Å². The molecule has 2 N–H and O–H groups in total. The molecule has 0 aliphatic carbocycles. The van der Waals surface area contributed by atoms with Crippen LogP contribution in [0.5, 0.6) is 0 Å². The van der Waals surface area contributed by atoms with Gasteiger partial charge in [0.05, 0.1) is 23.7 Å². The number of ether oxygens (including phenoxy) is 1. The van der Waals surface area contributed by atoms with Crippen molar-refractivity contribution in [1.82, 2.24) is 10.6 Å². The maximum atomic E-state index is 13.1. The van der Waals surface area contributed by atoms with Crippen LogP contribution >= 0.6 is 0 Å². The fourth-order valence-corrected chi connectivity index (χ4v) is 4.88. The Morgan fingerprint density at radius 2 is 2.00 bits per heavy atom. The molecule has 3 atom stereocenters. The Morgan fingerprint density at radius 3 is 2.58 bits per heavy atom. The largest absolute Gasteiger partial charge is 0.376 e. The Hall–Kier alpha value is -1.67. The van der Waals surface area contributed by atoms with Gasteiger partial charge >= 0.3 is 6.03 Å². The van der Waals surface area contributed by atoms with Crippen LogP contribution in [0.15, 0.2) is 24.3 Å². The maximum absolute atomic E-state index is 13.1. The molecule has 0 spiro atoms. The number of halogens is 1. The van der Waals surface area contributed by atoms with Crippen molar-refractivity contribution in [3.63, 3.8) is 0 Å². The second-order valence-electron chi connectivity index (χ2n) is 6.30. The van der Waals surface area contributed by atoms with Crippen LogP contribution in [0.1, 0.15) is 30.9 Å². The van der Waals surface area contributed by atoms with Gasteiger partial charge in [-0.2, -0.15) is 0 Å². The highest BCUT2D eigenvalue weighted by molar-refractivity contribution is 7.91. The van der Waals surface area contributed by atoms with E-state index in [1.165, 1.54) is 12.1 Å². The van der Waals surface area contributed by atoms with Crippen LogP contribution in [0.25, 0.3) is 0 Å². The lowest BCUT2D eigenvalue weighted by atomic mass is 9.99. The summed E-state index contributed by atoms with van der Waals surface area (Å²) >= 11 is 0. The van der Waals surface area contributed by atoms with Gasteiger partial charge in [0.15, 0.2) is 9.84 Å². The molecule has 0 unspecified atom stereocenters. The molecule has 8 heteroatoms. The minimum Gasteiger partial charge on any atom is -0.376 e. The van der Waals surface area contributed by atoms with Crippen molar-refractivity contribution in [2.75, 3.05) is 18.1 Å². The van der Waals surface area contributed by atoms with Crippen molar-refractivity contribution in [2.24, 2.45) is 0 Å². The number of amides is 2. The third-order valence-corrected chi connectivity index (χ3v) is 6.19. The van der Waals surface area contributed by atoms with Crippen LogP contribution < -0.4 is 10.6 Å². The summed E-state index contributed by atoms with van der Waals surface area (Å²) in [6, 6.07) is 4.76. The van der Waals surface area contributed by atoms with Gasteiger partial charge in [-0.05, 0) is 37.0 Å². The number of sulfone groups is 1. The summed E-state index contributed by atoms with van der Waals surface area (Å²) in [5, 5.41) is 5.57. The van der Waals surface area contributed by atoms with Gasteiger partial charge in [0.25, 0.3) is 0 Å². The van der Waals surface area contributed by atoms with Crippen molar-refractivity contribution in [3.8, 4) is 0 Å². The molecule has 0 bridgehead atoms. The third-order valence-electron chi connectivity index (χ3n) is 4.42. The zero-order valence-electron chi connectivity index (χ0n) is 13.2. The molecule has 0 saturated carbocycles. The number of hydrogen-bond donors (Lipinski definition) is 2. The molecule has 2 aliphatic rings. The normalized spacial score (nSPS) is 26.9. The van der Waals surface area contributed by atoms with E-state index in [9.17, 15) is 17.6 Å². The third kappa shape index (κ3) is 4.24. The first-order valence-electron chi connectivity index (χ1n) is 8.07. The van der Waals surface area contributed by atoms with Gasteiger partial charge < -0.3 is 15.4 Å². The van der Waals surface area contributed by atoms with E-state index >= 15 is 0 Å². The van der Waals surface area contributed by atoms with E-state index in [2.05, 4.69) is 10.6 Å². The van der Waals surface area contributed by atoms with Gasteiger partial charge in [-0.3, -0.25) is 0 Å². The van der Waals surface area contributed by atoms with E-state index in [0.29, 0.717) is 13.0 Å². The van der Waals surface area contributed by atoms with E-state index in [-0.39, 0.29) is 29.5 Å². The Balaban J connectivity index is 1.67. The Labute approximate surface area is 140 Å². The van der Waals surface area contributed by atoms with Crippen LogP contribution in [-0.4, -0.2) is 44.7 Å². The second-order valence-corrected chi connectivity index (χ2v) is 8.53. The molecule has 0 aromatic heterocycles. The number of rotatable bonds is 4. The first kappa shape index (κ1) is 17.2. The average molecular weight is 356 g/mol. The number of carbonyl (C=O) groups excluding carboxylic acids is 1. The molecule has 1 aromatic carbocycles. The highest BCUT2D eigenvalue weighted by Gasteiger charge is 2.32. The lowest BCUT2D eigenvalue weighted by Gasteiger charge is -2.25. The quantitative estimate of drug-likeness (QED) is 0.857. The fraction of sp³-hybridized carbons (Fsp3) is 0.562. The van der Waals surface area contributed by atoms with Gasteiger partial charge in [0.1, 0.15) is 5.82 Å². The van der Waals surface area contributed by atoms with Crippen LogP contribution in [0.4, 0.5) is 9.18 Å². The van der Waals surface area contributed by atoms with E-state index in [4.69, 9.17) is 4.74 Å². The molecule has 1 aromatic rings. The topological polar surface area (TPSA) is 84.5 Å². The van der Waals surface area contributed by atoms with Crippen LogP contribution in [0.2, 0.25) is 0 Å². The molecule has 0 radical (unpaired) electrons. The minimum absolute atomic E-state index is 0.0262. The van der Waals surface area contributed by atoms with Gasteiger partial charge in [-0.25, -0.2) is 17.6 Å². The number of urea groups is 1. The summed E-state index contributed by atoms with van der Waals surface area (Å²) in [6.07, 6.45) is 1.97. The zero-order chi connectivity index (χ0) is 17.2. The summed E-state index contributed by atoms with van der Waals surface area (Å²) in [7, 11) is -3.05. The van der Waals surface area contributed by atoms with Gasteiger partial charge in [0, 0.05) is 12.6 Å². The Bertz CT molecular complexity index is 687. The SMILES string of the molecule is O=C(N[C@@H]1CCS(=O)(=O)C1)N[C@H](c1ccc(F)cc1)[C@H]1CCCO1. The predicted molar refractivity (Wildman–Crippen MR) is 86.8 cm³/mol. The number of nitrogens with one attached hydrogen (secondary N) is 2.